The van der Waals surface area contributed by atoms with Crippen LogP contribution in [0.25, 0.3) is 16.7 Å². The van der Waals surface area contributed by atoms with Crippen molar-refractivity contribution >= 4 is 18.1 Å². The molecule has 7 heteroatoms. The fourth-order valence-electron chi connectivity index (χ4n) is 3.54. The largest absolute Gasteiger partial charge is 0.447 e. The van der Waals surface area contributed by atoms with Gasteiger partial charge in [-0.15, -0.1) is 0 Å². The van der Waals surface area contributed by atoms with Crippen molar-refractivity contribution in [1.29, 1.82) is 0 Å². The number of hydroxylamine groups is 1. The summed E-state index contributed by atoms with van der Waals surface area (Å²) in [5, 5.41) is 0. The number of nitrogens with one attached hydrogen (secondary N) is 1. The predicted octanol–water partition coefficient (Wildman–Crippen LogP) is 3.74. The van der Waals surface area contributed by atoms with Gasteiger partial charge in [0.25, 0.3) is 5.78 Å². The van der Waals surface area contributed by atoms with Crippen LogP contribution in [0.4, 0.5) is 4.79 Å². The van der Waals surface area contributed by atoms with E-state index in [1.54, 1.807) is 0 Å². The molecule has 1 aliphatic carbocycles. The molecular formula is C22H23N3O4. The van der Waals surface area contributed by atoms with Crippen LogP contribution < -0.4 is 5.48 Å². The molecule has 150 valence electrons. The molecule has 1 N–H and O–H groups in total. The van der Waals surface area contributed by atoms with Crippen molar-refractivity contribution in [1.82, 2.24) is 5.48 Å². The van der Waals surface area contributed by atoms with Gasteiger partial charge >= 0.3 is 12.3 Å². The molecule has 0 unspecified atom stereocenters. The van der Waals surface area contributed by atoms with Crippen molar-refractivity contribution in [3.8, 4) is 11.1 Å². The number of ketones is 1. The van der Waals surface area contributed by atoms with Gasteiger partial charge < -0.3 is 10.3 Å². The van der Waals surface area contributed by atoms with E-state index in [2.05, 4.69) is 22.4 Å². The van der Waals surface area contributed by atoms with Gasteiger partial charge in [-0.2, -0.15) is 10.3 Å². The van der Waals surface area contributed by atoms with Crippen LogP contribution in [-0.2, 0) is 14.4 Å². The van der Waals surface area contributed by atoms with Crippen molar-refractivity contribution in [2.24, 2.45) is 5.92 Å². The molecule has 3 rings (SSSR count). The lowest BCUT2D eigenvalue weighted by molar-refractivity contribution is -0.132. The summed E-state index contributed by atoms with van der Waals surface area (Å²) in [6.07, 6.45) is -0.623. The Bertz CT molecular complexity index is 905. The van der Waals surface area contributed by atoms with Crippen LogP contribution in [-0.4, -0.2) is 35.6 Å². The maximum Gasteiger partial charge on any atom is 0.431 e. The van der Waals surface area contributed by atoms with E-state index in [0.29, 0.717) is 6.42 Å². The third kappa shape index (κ3) is 4.77. The molecule has 0 saturated heterocycles. The van der Waals surface area contributed by atoms with Crippen LogP contribution in [0.15, 0.2) is 48.5 Å². The van der Waals surface area contributed by atoms with E-state index in [1.807, 2.05) is 50.2 Å². The standard InChI is InChI=1S/C22H23N3O4/c1-14(2)11-21(20(26)12-24-23)29-25-22(27)28-13-19-17-9-5-3-7-15(17)16-8-4-6-10-18(16)19/h3-10,12,14,19,21H,11,13H2,1-2H3,(H,25,27)/t21-/m1/s1. The Morgan fingerprint density at radius 1 is 1.10 bits per heavy atom. The summed E-state index contributed by atoms with van der Waals surface area (Å²) in [6.45, 7) is 3.96. The zero-order valence-electron chi connectivity index (χ0n) is 16.4. The van der Waals surface area contributed by atoms with Gasteiger partial charge in [0.2, 0.25) is 0 Å². The van der Waals surface area contributed by atoms with Gasteiger partial charge in [0.1, 0.15) is 6.61 Å². The van der Waals surface area contributed by atoms with Gasteiger partial charge in [0.15, 0.2) is 6.10 Å². The number of fused-ring (bicyclic) bond motifs is 3. The molecule has 29 heavy (non-hydrogen) atoms. The second kappa shape index (κ2) is 9.28. The molecule has 2 aromatic carbocycles. The van der Waals surface area contributed by atoms with Crippen molar-refractivity contribution in [3.05, 3.63) is 65.2 Å². The van der Waals surface area contributed by atoms with Crippen molar-refractivity contribution in [3.63, 3.8) is 0 Å². The Morgan fingerprint density at radius 2 is 1.69 bits per heavy atom. The van der Waals surface area contributed by atoms with E-state index in [4.69, 9.17) is 15.1 Å². The van der Waals surface area contributed by atoms with E-state index in [0.717, 1.165) is 28.5 Å². The second-order valence-electron chi connectivity index (χ2n) is 7.31. The minimum Gasteiger partial charge on any atom is -0.447 e. The molecule has 7 nitrogen and oxygen atoms in total. The van der Waals surface area contributed by atoms with Gasteiger partial charge in [-0.1, -0.05) is 62.4 Å². The van der Waals surface area contributed by atoms with Gasteiger partial charge in [0.05, 0.1) is 0 Å². The van der Waals surface area contributed by atoms with E-state index in [9.17, 15) is 9.59 Å². The fraction of sp³-hybridized carbons (Fsp3) is 0.318. The number of amides is 1. The Kier molecular flexibility index (Phi) is 6.54. The topological polar surface area (TPSA) is 101 Å². The maximum absolute atomic E-state index is 12.1. The summed E-state index contributed by atoms with van der Waals surface area (Å²) < 4.78 is 5.37. The average Bonchev–Trinajstić information content (AvgIpc) is 3.03. The number of carbonyl (C=O) groups is 2. The van der Waals surface area contributed by atoms with E-state index < -0.39 is 18.0 Å². The SMILES string of the molecule is CC(C)C[C@@H](ONC(=O)OCC1c2ccccc2-c2ccccc21)C(=O)C=[N+]=[N-]. The highest BCUT2D eigenvalue weighted by atomic mass is 16.7. The number of hydrogen-bond donors (Lipinski definition) is 1. The molecule has 0 heterocycles. The summed E-state index contributed by atoms with van der Waals surface area (Å²) in [5.41, 5.74) is 15.2. The van der Waals surface area contributed by atoms with E-state index in [1.165, 1.54) is 0 Å². The lowest BCUT2D eigenvalue weighted by Crippen LogP contribution is -2.36. The smallest absolute Gasteiger partial charge is 0.431 e. The second-order valence-corrected chi connectivity index (χ2v) is 7.31. The van der Waals surface area contributed by atoms with Crippen LogP contribution in [0.5, 0.6) is 0 Å². The number of rotatable bonds is 8. The number of benzene rings is 2. The number of nitrogens with zero attached hydrogens (tertiary/aromatic N) is 2. The quantitative estimate of drug-likeness (QED) is 0.319. The molecule has 1 amide bonds. The molecule has 0 radical (unpaired) electrons. The molecule has 1 aliphatic rings. The number of hydrogen-bond acceptors (Lipinski definition) is 4. The third-order valence-electron chi connectivity index (χ3n) is 4.82. The normalized spacial score (nSPS) is 13.2. The molecule has 0 bridgehead atoms. The van der Waals surface area contributed by atoms with Crippen molar-refractivity contribution in [2.75, 3.05) is 6.61 Å². The summed E-state index contributed by atoms with van der Waals surface area (Å²) in [4.78, 5) is 32.0. The predicted molar refractivity (Wildman–Crippen MR) is 107 cm³/mol. The summed E-state index contributed by atoms with van der Waals surface area (Å²) in [7, 11) is 0. The molecule has 0 fully saturated rings. The monoisotopic (exact) mass is 393 g/mol. The van der Waals surface area contributed by atoms with Gasteiger partial charge in [-0.05, 0) is 34.6 Å². The molecule has 0 aliphatic heterocycles. The number of carbonyl (C=O) groups excluding carboxylic acids is 2. The molecule has 1 atom stereocenters. The minimum absolute atomic E-state index is 0.0669. The van der Waals surface area contributed by atoms with Crippen LogP contribution >= 0.6 is 0 Å². The highest BCUT2D eigenvalue weighted by Gasteiger charge is 2.29. The van der Waals surface area contributed by atoms with Gasteiger partial charge in [0, 0.05) is 5.92 Å². The van der Waals surface area contributed by atoms with Crippen LogP contribution in [0.3, 0.4) is 0 Å². The Balaban J connectivity index is 1.62. The number of ether oxygens (including phenoxy) is 1. The highest BCUT2D eigenvalue weighted by molar-refractivity contribution is 6.27. The lowest BCUT2D eigenvalue weighted by Gasteiger charge is -2.17. The first-order chi connectivity index (χ1) is 14.0. The van der Waals surface area contributed by atoms with Crippen molar-refractivity contribution < 1.29 is 24.0 Å². The fourth-order valence-corrected chi connectivity index (χ4v) is 3.54. The van der Waals surface area contributed by atoms with E-state index in [-0.39, 0.29) is 18.4 Å². The van der Waals surface area contributed by atoms with Gasteiger partial charge in [-0.25, -0.2) is 4.79 Å². The Labute approximate surface area is 169 Å². The zero-order chi connectivity index (χ0) is 20.8. The zero-order valence-corrected chi connectivity index (χ0v) is 16.4. The summed E-state index contributed by atoms with van der Waals surface area (Å²) in [5.74, 6) is -0.469. The molecule has 0 saturated carbocycles. The Morgan fingerprint density at radius 3 is 2.24 bits per heavy atom. The van der Waals surface area contributed by atoms with Crippen LogP contribution in [0.2, 0.25) is 0 Å². The van der Waals surface area contributed by atoms with Gasteiger partial charge in [-0.3, -0.25) is 9.63 Å². The Hall–Kier alpha value is -3.28. The van der Waals surface area contributed by atoms with Crippen molar-refractivity contribution in [2.45, 2.75) is 32.3 Å². The highest BCUT2D eigenvalue weighted by Crippen LogP contribution is 2.44. The average molecular weight is 393 g/mol. The molecular weight excluding hydrogens is 370 g/mol. The summed E-state index contributed by atoms with van der Waals surface area (Å²) >= 11 is 0. The lowest BCUT2D eigenvalue weighted by atomic mass is 9.98. The molecule has 0 spiro atoms. The minimum atomic E-state index is -0.952. The number of Topliss-reactive ketones (excluding diaryl/α,β-unsaturated/α-hetero) is 1. The first-order valence-electron chi connectivity index (χ1n) is 9.49. The van der Waals surface area contributed by atoms with Crippen LogP contribution in [0, 0.1) is 5.92 Å². The molecule has 2 aromatic rings. The third-order valence-corrected chi connectivity index (χ3v) is 4.82. The van der Waals surface area contributed by atoms with Crippen LogP contribution in [0.1, 0.15) is 37.3 Å². The maximum atomic E-state index is 12.1. The van der Waals surface area contributed by atoms with E-state index >= 15 is 0 Å². The molecule has 0 aromatic heterocycles. The first-order valence-corrected chi connectivity index (χ1v) is 9.49. The first kappa shape index (κ1) is 20.5. The summed E-state index contributed by atoms with van der Waals surface area (Å²) in [6, 6.07) is 16.1.